The molecule has 0 aliphatic heterocycles. The average Bonchev–Trinajstić information content (AvgIpc) is 3.10. The van der Waals surface area contributed by atoms with Crippen molar-refractivity contribution >= 4 is 39.2 Å². The first-order valence-corrected chi connectivity index (χ1v) is 12.2. The molecule has 1 unspecified atom stereocenters. The zero-order valence-electron chi connectivity index (χ0n) is 17.1. The van der Waals surface area contributed by atoms with Crippen LogP contribution in [-0.2, 0) is 23.4 Å². The van der Waals surface area contributed by atoms with Gasteiger partial charge < -0.3 is 10.3 Å². The Bertz CT molecular complexity index is 1180. The van der Waals surface area contributed by atoms with E-state index >= 15 is 0 Å². The number of aromatic nitrogens is 2. The van der Waals surface area contributed by atoms with Crippen molar-refractivity contribution in [2.75, 3.05) is 5.75 Å². The Morgan fingerprint density at radius 1 is 1.32 bits per heavy atom. The van der Waals surface area contributed by atoms with Gasteiger partial charge >= 0.3 is 0 Å². The van der Waals surface area contributed by atoms with Crippen LogP contribution in [0.1, 0.15) is 54.1 Å². The highest BCUT2D eigenvalue weighted by Crippen LogP contribution is 2.33. The number of benzene rings is 1. The van der Waals surface area contributed by atoms with Crippen molar-refractivity contribution in [2.45, 2.75) is 50.8 Å². The van der Waals surface area contributed by atoms with E-state index in [1.807, 2.05) is 0 Å². The Morgan fingerprint density at radius 3 is 2.94 bits per heavy atom. The van der Waals surface area contributed by atoms with Crippen molar-refractivity contribution in [3.8, 4) is 0 Å². The second-order valence-corrected chi connectivity index (χ2v) is 9.85. The number of carbonyl (C=O) groups excluding carboxylic acids is 1. The van der Waals surface area contributed by atoms with E-state index in [9.17, 15) is 18.4 Å². The normalized spacial score (nSPS) is 14.4. The summed E-state index contributed by atoms with van der Waals surface area (Å²) in [6.07, 6.45) is 4.50. The number of halogens is 2. The standard InChI is InChI=1S/C22H23F2N3O2S2/c1-12(14-7-6-13(23)10-16(14)24)25-19(28)8-9-30-11-18-26-21(29)20-15-4-2-3-5-17(15)31-22(20)27-18/h6-7,10,12H,2-5,8-9,11H2,1H3,(H,25,28)(H,26,27,29). The van der Waals surface area contributed by atoms with Crippen LogP contribution in [0.25, 0.3) is 10.2 Å². The molecule has 4 rings (SSSR count). The van der Waals surface area contributed by atoms with E-state index in [0.29, 0.717) is 17.3 Å². The van der Waals surface area contributed by atoms with E-state index in [1.165, 1.54) is 34.3 Å². The zero-order valence-corrected chi connectivity index (χ0v) is 18.7. The fraction of sp³-hybridized carbons (Fsp3) is 0.409. The highest BCUT2D eigenvalue weighted by Gasteiger charge is 2.20. The van der Waals surface area contributed by atoms with E-state index in [2.05, 4.69) is 15.3 Å². The molecule has 0 saturated carbocycles. The quantitative estimate of drug-likeness (QED) is 0.501. The smallest absolute Gasteiger partial charge is 0.259 e. The zero-order chi connectivity index (χ0) is 22.0. The number of carbonyl (C=O) groups is 1. The summed E-state index contributed by atoms with van der Waals surface area (Å²) in [6.45, 7) is 1.66. The molecule has 1 aliphatic carbocycles. The molecule has 2 heterocycles. The van der Waals surface area contributed by atoms with Crippen molar-refractivity contribution in [2.24, 2.45) is 0 Å². The second kappa shape index (κ2) is 9.48. The summed E-state index contributed by atoms with van der Waals surface area (Å²) < 4.78 is 26.9. The molecule has 0 radical (unpaired) electrons. The van der Waals surface area contributed by atoms with Crippen LogP contribution in [-0.4, -0.2) is 21.6 Å². The number of aromatic amines is 1. The number of nitrogens with one attached hydrogen (secondary N) is 2. The van der Waals surface area contributed by atoms with Gasteiger partial charge in [0, 0.05) is 28.7 Å². The molecule has 1 amide bonds. The van der Waals surface area contributed by atoms with Crippen LogP contribution in [0.4, 0.5) is 8.78 Å². The van der Waals surface area contributed by atoms with Gasteiger partial charge in [-0.15, -0.1) is 11.3 Å². The van der Waals surface area contributed by atoms with Gasteiger partial charge in [-0.3, -0.25) is 9.59 Å². The molecule has 1 aliphatic rings. The van der Waals surface area contributed by atoms with Gasteiger partial charge in [-0.05, 0) is 44.2 Å². The summed E-state index contributed by atoms with van der Waals surface area (Å²) in [7, 11) is 0. The van der Waals surface area contributed by atoms with Gasteiger partial charge in [0.1, 0.15) is 22.3 Å². The van der Waals surface area contributed by atoms with Gasteiger partial charge in [-0.25, -0.2) is 13.8 Å². The van der Waals surface area contributed by atoms with E-state index in [4.69, 9.17) is 0 Å². The van der Waals surface area contributed by atoms with E-state index in [0.717, 1.165) is 42.0 Å². The fourth-order valence-electron chi connectivity index (χ4n) is 3.85. The Balaban J connectivity index is 1.30. The first-order valence-electron chi connectivity index (χ1n) is 10.3. The lowest BCUT2D eigenvalue weighted by atomic mass is 9.97. The maximum Gasteiger partial charge on any atom is 0.259 e. The maximum atomic E-state index is 13.8. The Hall–Kier alpha value is -2.26. The molecule has 3 aromatic rings. The molecule has 0 fully saturated rings. The summed E-state index contributed by atoms with van der Waals surface area (Å²) in [5, 5.41) is 3.47. The molecule has 0 spiro atoms. The van der Waals surface area contributed by atoms with Crippen LogP contribution in [0.15, 0.2) is 23.0 Å². The predicted molar refractivity (Wildman–Crippen MR) is 121 cm³/mol. The van der Waals surface area contributed by atoms with Crippen LogP contribution in [0, 0.1) is 11.6 Å². The van der Waals surface area contributed by atoms with E-state index in [-0.39, 0.29) is 23.5 Å². The molecular weight excluding hydrogens is 440 g/mol. The molecular formula is C22H23F2N3O2S2. The van der Waals surface area contributed by atoms with Crippen LogP contribution in [0.5, 0.6) is 0 Å². The van der Waals surface area contributed by atoms with E-state index < -0.39 is 17.7 Å². The Labute approximate surface area is 186 Å². The van der Waals surface area contributed by atoms with Crippen molar-refractivity contribution in [1.29, 1.82) is 0 Å². The Kier molecular flexibility index (Phi) is 6.71. The Morgan fingerprint density at radius 2 is 2.13 bits per heavy atom. The van der Waals surface area contributed by atoms with Crippen LogP contribution in [0.2, 0.25) is 0 Å². The first kappa shape index (κ1) is 22.0. The number of hydrogen-bond acceptors (Lipinski definition) is 5. The molecule has 164 valence electrons. The molecule has 9 heteroatoms. The highest BCUT2D eigenvalue weighted by molar-refractivity contribution is 7.98. The summed E-state index contributed by atoms with van der Waals surface area (Å²) in [6, 6.07) is 2.77. The summed E-state index contributed by atoms with van der Waals surface area (Å²) in [5.74, 6) is 0.109. The number of aryl methyl sites for hydroxylation is 2. The lowest BCUT2D eigenvalue weighted by molar-refractivity contribution is -0.121. The lowest BCUT2D eigenvalue weighted by Gasteiger charge is -2.15. The van der Waals surface area contributed by atoms with Crippen LogP contribution < -0.4 is 10.9 Å². The first-order chi connectivity index (χ1) is 14.9. The minimum Gasteiger partial charge on any atom is -0.349 e. The van der Waals surface area contributed by atoms with Crippen LogP contribution in [0.3, 0.4) is 0 Å². The monoisotopic (exact) mass is 463 g/mol. The largest absolute Gasteiger partial charge is 0.349 e. The summed E-state index contributed by atoms with van der Waals surface area (Å²) in [5.41, 5.74) is 1.34. The van der Waals surface area contributed by atoms with Gasteiger partial charge in [-0.1, -0.05) is 6.07 Å². The summed E-state index contributed by atoms with van der Waals surface area (Å²) in [4.78, 5) is 34.3. The number of rotatable bonds is 7. The molecule has 0 bridgehead atoms. The minimum absolute atomic E-state index is 0.0760. The number of hydrogen-bond donors (Lipinski definition) is 2. The SMILES string of the molecule is CC(NC(=O)CCSCc1nc2sc3c(c2c(=O)[nH]1)CCCC3)c1ccc(F)cc1F. The average molecular weight is 464 g/mol. The van der Waals surface area contributed by atoms with Gasteiger partial charge in [0.15, 0.2) is 0 Å². The predicted octanol–water partition coefficient (Wildman–Crippen LogP) is 4.64. The second-order valence-electron chi connectivity index (χ2n) is 7.66. The third-order valence-electron chi connectivity index (χ3n) is 5.39. The molecule has 2 N–H and O–H groups in total. The fourth-order valence-corrected chi connectivity index (χ4v) is 5.94. The van der Waals surface area contributed by atoms with Gasteiger partial charge in [0.05, 0.1) is 17.2 Å². The van der Waals surface area contributed by atoms with Crippen molar-refractivity contribution < 1.29 is 13.6 Å². The van der Waals surface area contributed by atoms with Crippen molar-refractivity contribution in [3.63, 3.8) is 0 Å². The molecule has 1 atom stereocenters. The molecule has 5 nitrogen and oxygen atoms in total. The lowest BCUT2D eigenvalue weighted by Crippen LogP contribution is -2.27. The van der Waals surface area contributed by atoms with Crippen molar-refractivity contribution in [3.05, 3.63) is 62.0 Å². The molecule has 31 heavy (non-hydrogen) atoms. The van der Waals surface area contributed by atoms with Gasteiger partial charge in [-0.2, -0.15) is 11.8 Å². The summed E-state index contributed by atoms with van der Waals surface area (Å²) >= 11 is 3.12. The number of amides is 1. The number of nitrogens with zero attached hydrogens (tertiary/aromatic N) is 1. The minimum atomic E-state index is -0.678. The molecule has 0 saturated heterocycles. The third kappa shape index (κ3) is 4.98. The van der Waals surface area contributed by atoms with Crippen molar-refractivity contribution in [1.82, 2.24) is 15.3 Å². The third-order valence-corrected chi connectivity index (χ3v) is 7.55. The maximum absolute atomic E-state index is 13.8. The number of thiophene rings is 1. The topological polar surface area (TPSA) is 74.8 Å². The highest BCUT2D eigenvalue weighted by atomic mass is 32.2. The van der Waals surface area contributed by atoms with Crippen LogP contribution >= 0.6 is 23.1 Å². The van der Waals surface area contributed by atoms with E-state index in [1.54, 1.807) is 18.3 Å². The number of fused-ring (bicyclic) bond motifs is 3. The van der Waals surface area contributed by atoms with Gasteiger partial charge in [0.2, 0.25) is 5.91 Å². The number of H-pyrrole nitrogens is 1. The van der Waals surface area contributed by atoms with Gasteiger partial charge in [0.25, 0.3) is 5.56 Å². The number of thioether (sulfide) groups is 1. The molecule has 2 aromatic heterocycles. The molecule has 1 aromatic carbocycles.